The van der Waals surface area contributed by atoms with Crippen LogP contribution in [0.15, 0.2) is 36.0 Å². The highest BCUT2D eigenvalue weighted by atomic mass is 16.1. The third-order valence-electron chi connectivity index (χ3n) is 2.96. The van der Waals surface area contributed by atoms with Crippen molar-refractivity contribution in [1.82, 2.24) is 4.90 Å². The van der Waals surface area contributed by atoms with Crippen molar-refractivity contribution in [2.75, 3.05) is 6.54 Å². The minimum absolute atomic E-state index is 0.138. The molecule has 0 atom stereocenters. The van der Waals surface area contributed by atoms with Gasteiger partial charge in [-0.05, 0) is 12.0 Å². The number of carbonyl (C=O) groups excluding carboxylic acids is 2. The van der Waals surface area contributed by atoms with E-state index in [9.17, 15) is 9.59 Å². The lowest BCUT2D eigenvalue weighted by molar-refractivity contribution is -0.118. The molecule has 2 rings (SSSR count). The van der Waals surface area contributed by atoms with E-state index >= 15 is 0 Å². The monoisotopic (exact) mass is 229 g/mol. The maximum absolute atomic E-state index is 11.4. The largest absolute Gasteiger partial charge is 0.361 e. The number of ketones is 1. The van der Waals surface area contributed by atoms with Gasteiger partial charge in [0.25, 0.3) is 0 Å². The summed E-state index contributed by atoms with van der Waals surface area (Å²) >= 11 is 0. The van der Waals surface area contributed by atoms with Gasteiger partial charge >= 0.3 is 0 Å². The highest BCUT2D eigenvalue weighted by molar-refractivity contribution is 5.83. The molecule has 0 N–H and O–H groups in total. The average Bonchev–Trinajstić information content (AvgIpc) is 2.52. The van der Waals surface area contributed by atoms with E-state index in [1.165, 1.54) is 0 Å². The zero-order chi connectivity index (χ0) is 12.1. The molecule has 17 heavy (non-hydrogen) atoms. The van der Waals surface area contributed by atoms with Crippen LogP contribution in [0.25, 0.3) is 0 Å². The van der Waals surface area contributed by atoms with Crippen molar-refractivity contribution in [2.24, 2.45) is 0 Å². The Hall–Kier alpha value is -1.86. The Balaban J connectivity index is 2.13. The van der Waals surface area contributed by atoms with Crippen molar-refractivity contribution in [2.45, 2.75) is 25.8 Å². The van der Waals surface area contributed by atoms with Gasteiger partial charge in [0.1, 0.15) is 17.4 Å². The van der Waals surface area contributed by atoms with Gasteiger partial charge in [-0.2, -0.15) is 0 Å². The lowest BCUT2D eigenvalue weighted by atomic mass is 10.2. The molecule has 1 aromatic rings. The van der Waals surface area contributed by atoms with E-state index in [0.29, 0.717) is 18.7 Å². The summed E-state index contributed by atoms with van der Waals surface area (Å²) in [5, 5.41) is 0. The molecule has 0 unspecified atom stereocenters. The van der Waals surface area contributed by atoms with Crippen molar-refractivity contribution in [3.63, 3.8) is 0 Å². The van der Waals surface area contributed by atoms with E-state index in [-0.39, 0.29) is 12.2 Å². The van der Waals surface area contributed by atoms with Crippen LogP contribution >= 0.6 is 0 Å². The Morgan fingerprint density at radius 2 is 2.00 bits per heavy atom. The molecule has 88 valence electrons. The fraction of sp³-hybridized carbons (Fsp3) is 0.357. The summed E-state index contributed by atoms with van der Waals surface area (Å²) in [6, 6.07) is 9.96. The Labute approximate surface area is 101 Å². The first-order chi connectivity index (χ1) is 8.29. The lowest BCUT2D eigenvalue weighted by Crippen LogP contribution is -2.23. The molecule has 0 saturated carbocycles. The Morgan fingerprint density at radius 3 is 2.71 bits per heavy atom. The molecular formula is C14H15NO2. The molecule has 1 heterocycles. The molecule has 1 saturated heterocycles. The van der Waals surface area contributed by atoms with Crippen molar-refractivity contribution in [1.29, 1.82) is 0 Å². The average molecular weight is 229 g/mol. The van der Waals surface area contributed by atoms with Gasteiger partial charge in [-0.3, -0.25) is 4.79 Å². The minimum atomic E-state index is 0.138. The maximum Gasteiger partial charge on any atom is 0.146 e. The summed E-state index contributed by atoms with van der Waals surface area (Å²) in [6.45, 7) is 1.43. The standard InChI is InChI=1S/C14H15NO2/c16-11-13-9-14(17)7-4-8-15(13)10-12-5-2-1-3-6-12/h1-3,5-6H,4,7-10H2. The van der Waals surface area contributed by atoms with Crippen LogP contribution in [-0.2, 0) is 16.1 Å². The van der Waals surface area contributed by atoms with E-state index in [0.717, 1.165) is 18.5 Å². The summed E-state index contributed by atoms with van der Waals surface area (Å²) in [7, 11) is 0. The fourth-order valence-corrected chi connectivity index (χ4v) is 2.07. The summed E-state index contributed by atoms with van der Waals surface area (Å²) < 4.78 is 0. The predicted molar refractivity (Wildman–Crippen MR) is 64.9 cm³/mol. The van der Waals surface area contributed by atoms with Crippen LogP contribution in [0.1, 0.15) is 24.8 Å². The fourth-order valence-electron chi connectivity index (χ4n) is 2.07. The second kappa shape index (κ2) is 5.46. The smallest absolute Gasteiger partial charge is 0.146 e. The van der Waals surface area contributed by atoms with Gasteiger partial charge in [0.05, 0.1) is 6.42 Å². The van der Waals surface area contributed by atoms with Crippen LogP contribution in [0.4, 0.5) is 0 Å². The highest BCUT2D eigenvalue weighted by Crippen LogP contribution is 2.18. The molecule has 3 heteroatoms. The van der Waals surface area contributed by atoms with E-state index < -0.39 is 0 Å². The summed E-state index contributed by atoms with van der Waals surface area (Å²) in [6.07, 6.45) is 1.61. The molecule has 0 aromatic heterocycles. The summed E-state index contributed by atoms with van der Waals surface area (Å²) in [4.78, 5) is 24.3. The lowest BCUT2D eigenvalue weighted by Gasteiger charge is -2.22. The zero-order valence-corrected chi connectivity index (χ0v) is 9.69. The highest BCUT2D eigenvalue weighted by Gasteiger charge is 2.19. The van der Waals surface area contributed by atoms with Gasteiger partial charge < -0.3 is 4.90 Å². The molecule has 1 fully saturated rings. The van der Waals surface area contributed by atoms with Crippen LogP contribution in [0.5, 0.6) is 0 Å². The molecule has 1 aliphatic heterocycles. The second-order valence-electron chi connectivity index (χ2n) is 4.27. The van der Waals surface area contributed by atoms with E-state index in [2.05, 4.69) is 0 Å². The van der Waals surface area contributed by atoms with Crippen molar-refractivity contribution < 1.29 is 9.59 Å². The number of hydrogen-bond donors (Lipinski definition) is 0. The number of Topliss-reactive ketones (excluding diaryl/α,β-unsaturated/α-hetero) is 1. The molecule has 0 radical (unpaired) electrons. The van der Waals surface area contributed by atoms with Crippen LogP contribution in [-0.4, -0.2) is 23.2 Å². The quantitative estimate of drug-likeness (QED) is 0.727. The summed E-state index contributed by atoms with van der Waals surface area (Å²) in [5.41, 5.74) is 1.64. The zero-order valence-electron chi connectivity index (χ0n) is 9.69. The van der Waals surface area contributed by atoms with E-state index in [1.807, 2.05) is 41.2 Å². The second-order valence-corrected chi connectivity index (χ2v) is 4.27. The number of allylic oxidation sites excluding steroid dienone is 1. The van der Waals surface area contributed by atoms with Gasteiger partial charge in [0.15, 0.2) is 0 Å². The Kier molecular flexibility index (Phi) is 3.73. The van der Waals surface area contributed by atoms with Crippen LogP contribution in [0.3, 0.4) is 0 Å². The predicted octanol–water partition coefficient (Wildman–Crippen LogP) is 1.96. The van der Waals surface area contributed by atoms with Gasteiger partial charge in [-0.25, -0.2) is 4.79 Å². The minimum Gasteiger partial charge on any atom is -0.361 e. The Bertz CT molecular complexity index is 447. The molecule has 0 amide bonds. The molecule has 0 aliphatic carbocycles. The SMILES string of the molecule is O=C=C1CC(=O)CCCN1Cc1ccccc1. The number of rotatable bonds is 2. The molecule has 0 spiro atoms. The third kappa shape index (κ3) is 3.05. The van der Waals surface area contributed by atoms with Gasteiger partial charge in [0.2, 0.25) is 0 Å². The maximum atomic E-state index is 11.4. The van der Waals surface area contributed by atoms with Crippen molar-refractivity contribution in [3.8, 4) is 0 Å². The van der Waals surface area contributed by atoms with Crippen LogP contribution < -0.4 is 0 Å². The van der Waals surface area contributed by atoms with Gasteiger partial charge in [-0.1, -0.05) is 30.3 Å². The topological polar surface area (TPSA) is 37.4 Å². The number of carbonyl (C=O) groups is 1. The number of likely N-dealkylation sites (tertiary alicyclic amines) is 1. The van der Waals surface area contributed by atoms with E-state index in [4.69, 9.17) is 0 Å². The first kappa shape index (κ1) is 11.6. The number of nitrogens with zero attached hydrogens (tertiary/aromatic N) is 1. The van der Waals surface area contributed by atoms with E-state index in [1.54, 1.807) is 0 Å². The molecule has 3 nitrogen and oxygen atoms in total. The third-order valence-corrected chi connectivity index (χ3v) is 2.96. The Morgan fingerprint density at radius 1 is 1.24 bits per heavy atom. The normalized spacial score (nSPS) is 16.6. The van der Waals surface area contributed by atoms with Crippen molar-refractivity contribution in [3.05, 3.63) is 41.6 Å². The van der Waals surface area contributed by atoms with Gasteiger partial charge in [-0.15, -0.1) is 0 Å². The van der Waals surface area contributed by atoms with Crippen LogP contribution in [0.2, 0.25) is 0 Å². The van der Waals surface area contributed by atoms with Gasteiger partial charge in [0, 0.05) is 19.5 Å². The van der Waals surface area contributed by atoms with Crippen LogP contribution in [0, 0.1) is 0 Å². The molecular weight excluding hydrogens is 214 g/mol. The molecule has 1 aliphatic rings. The first-order valence-electron chi connectivity index (χ1n) is 5.84. The molecule has 0 bridgehead atoms. The first-order valence-corrected chi connectivity index (χ1v) is 5.84. The summed E-state index contributed by atoms with van der Waals surface area (Å²) in [5.74, 6) is 2.05. The molecule has 1 aromatic carbocycles. The number of hydrogen-bond acceptors (Lipinski definition) is 3. The van der Waals surface area contributed by atoms with Crippen molar-refractivity contribution >= 4 is 11.7 Å². The number of benzene rings is 1.